The highest BCUT2D eigenvalue weighted by molar-refractivity contribution is 4.49. The second kappa shape index (κ2) is 8.92. The van der Waals surface area contributed by atoms with E-state index in [0.29, 0.717) is 12.6 Å². The molecule has 0 heterocycles. The van der Waals surface area contributed by atoms with Gasteiger partial charge in [-0.3, -0.25) is 0 Å². The molecule has 0 saturated heterocycles. The zero-order chi connectivity index (χ0) is 8.57. The van der Waals surface area contributed by atoms with Crippen molar-refractivity contribution < 1.29 is 6.16 Å². The first kappa shape index (κ1) is 12.6. The van der Waals surface area contributed by atoms with Gasteiger partial charge in [0.15, 0.2) is 0 Å². The molecule has 2 heteroatoms. The van der Waals surface area contributed by atoms with Crippen LogP contribution in [0.3, 0.4) is 0 Å². The number of ether oxygens (including phenoxy) is 1. The van der Waals surface area contributed by atoms with Crippen LogP contribution in [0.1, 0.15) is 36.0 Å². The van der Waals surface area contributed by atoms with Crippen LogP contribution in [-0.4, -0.2) is 18.8 Å². The van der Waals surface area contributed by atoms with Gasteiger partial charge in [0.2, 0.25) is 0 Å². The van der Waals surface area contributed by atoms with Crippen molar-refractivity contribution in [1.29, 1.82) is 0 Å². The molecule has 0 aromatic carbocycles. The Morgan fingerprint density at radius 2 is 1.70 bits per heavy atom. The SMILES string of the molecule is CC.CC(C)OC(C)CN.[HH]. The van der Waals surface area contributed by atoms with Crippen LogP contribution in [0.25, 0.3) is 0 Å². The molecule has 0 aliphatic heterocycles. The van der Waals surface area contributed by atoms with Gasteiger partial charge in [-0.05, 0) is 20.8 Å². The Kier molecular flexibility index (Phi) is 11.2. The quantitative estimate of drug-likeness (QED) is 0.666. The highest BCUT2D eigenvalue weighted by Crippen LogP contribution is 1.93. The molecule has 10 heavy (non-hydrogen) atoms. The highest BCUT2D eigenvalue weighted by Gasteiger charge is 1.99. The highest BCUT2D eigenvalue weighted by atomic mass is 16.5. The van der Waals surface area contributed by atoms with Crippen LogP contribution in [-0.2, 0) is 4.74 Å². The number of hydrogen-bond acceptors (Lipinski definition) is 2. The van der Waals surface area contributed by atoms with E-state index in [-0.39, 0.29) is 7.53 Å². The minimum absolute atomic E-state index is 0. The van der Waals surface area contributed by atoms with E-state index in [2.05, 4.69) is 0 Å². The lowest BCUT2D eigenvalue weighted by molar-refractivity contribution is 0.0243. The van der Waals surface area contributed by atoms with Gasteiger partial charge in [-0.15, -0.1) is 0 Å². The lowest BCUT2D eigenvalue weighted by Crippen LogP contribution is -2.23. The average Bonchev–Trinajstić information content (AvgIpc) is 1.91. The summed E-state index contributed by atoms with van der Waals surface area (Å²) < 4.78 is 5.27. The Labute approximate surface area is 66.2 Å². The molecule has 0 bridgehead atoms. The second-order valence-electron chi connectivity index (χ2n) is 2.23. The van der Waals surface area contributed by atoms with E-state index in [1.807, 2.05) is 34.6 Å². The van der Waals surface area contributed by atoms with E-state index in [0.717, 1.165) is 0 Å². The van der Waals surface area contributed by atoms with Crippen LogP contribution >= 0.6 is 0 Å². The first-order valence-corrected chi connectivity index (χ1v) is 4.02. The maximum absolute atomic E-state index is 5.30. The van der Waals surface area contributed by atoms with Crippen LogP contribution in [0.4, 0.5) is 0 Å². The number of nitrogens with two attached hydrogens (primary N) is 1. The number of hydrogen-bond donors (Lipinski definition) is 1. The predicted molar refractivity (Wildman–Crippen MR) is 48.2 cm³/mol. The largest absolute Gasteiger partial charge is 0.375 e. The fourth-order valence-corrected chi connectivity index (χ4v) is 0.520. The first-order valence-electron chi connectivity index (χ1n) is 4.02. The zero-order valence-electron chi connectivity index (χ0n) is 7.85. The first-order chi connectivity index (χ1) is 4.66. The van der Waals surface area contributed by atoms with Gasteiger partial charge in [0.25, 0.3) is 0 Å². The molecule has 66 valence electrons. The van der Waals surface area contributed by atoms with Crippen LogP contribution in [0.2, 0.25) is 0 Å². The van der Waals surface area contributed by atoms with Gasteiger partial charge in [-0.25, -0.2) is 0 Å². The molecular weight excluding hydrogens is 126 g/mol. The minimum atomic E-state index is 0. The monoisotopic (exact) mass is 149 g/mol. The summed E-state index contributed by atoms with van der Waals surface area (Å²) in [7, 11) is 0. The van der Waals surface area contributed by atoms with Gasteiger partial charge >= 0.3 is 0 Å². The summed E-state index contributed by atoms with van der Waals surface area (Å²) in [6, 6.07) is 0. The molecular formula is C8H23NO. The molecule has 0 aliphatic carbocycles. The van der Waals surface area contributed by atoms with Gasteiger partial charge in [0.05, 0.1) is 12.2 Å². The molecule has 0 rings (SSSR count). The fourth-order valence-electron chi connectivity index (χ4n) is 0.520. The second-order valence-corrected chi connectivity index (χ2v) is 2.23. The van der Waals surface area contributed by atoms with Gasteiger partial charge < -0.3 is 10.5 Å². The summed E-state index contributed by atoms with van der Waals surface area (Å²) in [6.07, 6.45) is 0.503. The molecule has 0 saturated carbocycles. The van der Waals surface area contributed by atoms with Crippen LogP contribution in [0, 0.1) is 0 Å². The lowest BCUT2D eigenvalue weighted by atomic mass is 10.4. The van der Waals surface area contributed by atoms with Crippen molar-refractivity contribution in [2.24, 2.45) is 5.73 Å². The summed E-state index contributed by atoms with van der Waals surface area (Å²) in [6.45, 7) is 10.6. The average molecular weight is 149 g/mol. The molecule has 0 radical (unpaired) electrons. The van der Waals surface area contributed by atoms with Crippen molar-refractivity contribution in [3.05, 3.63) is 0 Å². The summed E-state index contributed by atoms with van der Waals surface area (Å²) in [4.78, 5) is 0. The lowest BCUT2D eigenvalue weighted by Gasteiger charge is -2.12. The summed E-state index contributed by atoms with van der Waals surface area (Å²) in [5.41, 5.74) is 5.30. The van der Waals surface area contributed by atoms with Gasteiger partial charge in [0, 0.05) is 7.97 Å². The van der Waals surface area contributed by atoms with Crippen LogP contribution in [0.5, 0.6) is 0 Å². The summed E-state index contributed by atoms with van der Waals surface area (Å²) in [5.74, 6) is 0. The number of rotatable bonds is 3. The normalized spacial score (nSPS) is 12.3. The van der Waals surface area contributed by atoms with E-state index < -0.39 is 0 Å². The molecule has 2 N–H and O–H groups in total. The third-order valence-electron chi connectivity index (χ3n) is 0.836. The molecule has 0 fully saturated rings. The van der Waals surface area contributed by atoms with E-state index in [1.165, 1.54) is 0 Å². The van der Waals surface area contributed by atoms with Crippen molar-refractivity contribution in [3.63, 3.8) is 0 Å². The van der Waals surface area contributed by atoms with E-state index in [4.69, 9.17) is 10.5 Å². The van der Waals surface area contributed by atoms with Gasteiger partial charge in [-0.1, -0.05) is 13.8 Å². The van der Waals surface area contributed by atoms with Gasteiger partial charge in [-0.2, -0.15) is 0 Å². The van der Waals surface area contributed by atoms with E-state index in [9.17, 15) is 0 Å². The van der Waals surface area contributed by atoms with Crippen molar-refractivity contribution in [2.45, 2.75) is 46.8 Å². The summed E-state index contributed by atoms with van der Waals surface area (Å²) in [5, 5.41) is 0. The van der Waals surface area contributed by atoms with Crippen molar-refractivity contribution in [2.75, 3.05) is 6.54 Å². The standard InChI is InChI=1S/C6H15NO.C2H6.H2/c1-5(2)8-6(3)4-7;1-2;/h5-6H,4,7H2,1-3H3;1-2H3;1H. The van der Waals surface area contributed by atoms with Crippen LogP contribution < -0.4 is 5.73 Å². The fraction of sp³-hybridized carbons (Fsp3) is 1.00. The molecule has 0 aromatic heterocycles. The molecule has 2 nitrogen and oxygen atoms in total. The topological polar surface area (TPSA) is 35.2 Å². The maximum Gasteiger partial charge on any atom is 0.0672 e. The Bertz CT molecular complexity index is 60.1. The Morgan fingerprint density at radius 1 is 1.30 bits per heavy atom. The Balaban J connectivity index is -0.000000196. The minimum Gasteiger partial charge on any atom is -0.375 e. The Hall–Kier alpha value is -0.0800. The third kappa shape index (κ3) is 10.8. The molecule has 0 aliphatic rings. The van der Waals surface area contributed by atoms with Crippen molar-refractivity contribution in [1.82, 2.24) is 0 Å². The van der Waals surface area contributed by atoms with Crippen molar-refractivity contribution in [3.8, 4) is 0 Å². The Morgan fingerprint density at radius 3 is 1.80 bits per heavy atom. The third-order valence-corrected chi connectivity index (χ3v) is 0.836. The summed E-state index contributed by atoms with van der Waals surface area (Å²) >= 11 is 0. The van der Waals surface area contributed by atoms with Crippen molar-refractivity contribution >= 4 is 0 Å². The van der Waals surface area contributed by atoms with Crippen LogP contribution in [0.15, 0.2) is 0 Å². The smallest absolute Gasteiger partial charge is 0.0672 e. The maximum atomic E-state index is 5.30. The molecule has 1 unspecified atom stereocenters. The molecule has 0 aromatic rings. The molecule has 1 atom stereocenters. The zero-order valence-corrected chi connectivity index (χ0v) is 7.85. The molecule has 0 amide bonds. The van der Waals surface area contributed by atoms with Gasteiger partial charge in [0.1, 0.15) is 0 Å². The van der Waals surface area contributed by atoms with E-state index >= 15 is 0 Å². The van der Waals surface area contributed by atoms with E-state index in [1.54, 1.807) is 0 Å². The molecule has 0 spiro atoms. The predicted octanol–water partition coefficient (Wildman–Crippen LogP) is 2.03.